The molecule has 0 unspecified atom stereocenters. The van der Waals surface area contributed by atoms with Crippen molar-refractivity contribution in [3.8, 4) is 17.2 Å². The van der Waals surface area contributed by atoms with Crippen LogP contribution in [0.2, 0.25) is 0 Å². The zero-order chi connectivity index (χ0) is 14.7. The van der Waals surface area contributed by atoms with Crippen LogP contribution >= 0.6 is 11.3 Å². The summed E-state index contributed by atoms with van der Waals surface area (Å²) in [4.78, 5) is 12.3. The van der Waals surface area contributed by atoms with E-state index in [4.69, 9.17) is 0 Å². The predicted octanol–water partition coefficient (Wildman–Crippen LogP) is 4.08. The Morgan fingerprint density at radius 3 is 2.50 bits per heavy atom. The highest BCUT2D eigenvalue weighted by molar-refractivity contribution is 7.17. The molecule has 0 aliphatic heterocycles. The maximum absolute atomic E-state index is 11.3. The minimum absolute atomic E-state index is 0.474. The molecule has 0 saturated carbocycles. The number of nitrogens with zero attached hydrogens (tertiary/aromatic N) is 1. The number of anilines is 1. The first-order valence-electron chi connectivity index (χ1n) is 6.02. The lowest BCUT2D eigenvalue weighted by molar-refractivity contribution is 0.187. The minimum atomic E-state index is -0.571. The van der Waals surface area contributed by atoms with E-state index in [0.717, 1.165) is 21.6 Å². The van der Waals surface area contributed by atoms with Crippen molar-refractivity contribution >= 4 is 22.4 Å². The van der Waals surface area contributed by atoms with Gasteiger partial charge in [0.1, 0.15) is 11.1 Å². The Kier molecular flexibility index (Phi) is 4.06. The molecule has 2 rings (SSSR count). The Bertz CT molecular complexity index is 681. The van der Waals surface area contributed by atoms with Crippen LogP contribution in [0.1, 0.15) is 16.0 Å². The molecule has 1 aromatic carbocycles. The number of hydrogen-bond donors (Lipinski definition) is 1. The molecular formula is C15H14N2O2S. The van der Waals surface area contributed by atoms with Crippen LogP contribution in [0.25, 0.3) is 11.1 Å². The van der Waals surface area contributed by atoms with Crippen LogP contribution in [0.4, 0.5) is 9.80 Å². The first-order chi connectivity index (χ1) is 9.56. The molecule has 0 spiro atoms. The monoisotopic (exact) mass is 286 g/mol. The summed E-state index contributed by atoms with van der Waals surface area (Å²) in [5, 5.41) is 12.5. The van der Waals surface area contributed by atoms with E-state index in [-0.39, 0.29) is 0 Å². The van der Waals surface area contributed by atoms with Gasteiger partial charge in [-0.05, 0) is 19.4 Å². The summed E-state index contributed by atoms with van der Waals surface area (Å²) in [6.45, 7) is 3.95. The van der Waals surface area contributed by atoms with Gasteiger partial charge in [0.25, 0.3) is 0 Å². The number of benzene rings is 1. The molecule has 0 aliphatic rings. The lowest BCUT2D eigenvalue weighted by Gasteiger charge is -2.03. The smallest absolute Gasteiger partial charge is 0.411 e. The van der Waals surface area contributed by atoms with E-state index in [0.29, 0.717) is 10.6 Å². The van der Waals surface area contributed by atoms with E-state index in [1.54, 1.807) is 0 Å². The molecular weight excluding hydrogens is 272 g/mol. The number of nitriles is 1. The van der Waals surface area contributed by atoms with Crippen LogP contribution in [0, 0.1) is 25.2 Å². The number of rotatable bonds is 2. The van der Waals surface area contributed by atoms with Crippen LogP contribution in [0.5, 0.6) is 0 Å². The lowest BCUT2D eigenvalue weighted by atomic mass is 10.0. The van der Waals surface area contributed by atoms with Gasteiger partial charge in [0.15, 0.2) is 0 Å². The number of thiophene rings is 1. The fourth-order valence-electron chi connectivity index (χ4n) is 1.95. The van der Waals surface area contributed by atoms with Gasteiger partial charge in [-0.2, -0.15) is 5.26 Å². The summed E-state index contributed by atoms with van der Waals surface area (Å²) in [5.74, 6) is 0. The van der Waals surface area contributed by atoms with Crippen LogP contribution in [0.3, 0.4) is 0 Å². The fraction of sp³-hybridized carbons (Fsp3) is 0.200. The van der Waals surface area contributed by atoms with Gasteiger partial charge in [-0.1, -0.05) is 29.8 Å². The summed E-state index contributed by atoms with van der Waals surface area (Å²) >= 11 is 1.37. The van der Waals surface area contributed by atoms with Crippen molar-refractivity contribution in [1.82, 2.24) is 0 Å². The van der Waals surface area contributed by atoms with Gasteiger partial charge in [0, 0.05) is 10.4 Å². The zero-order valence-electron chi connectivity index (χ0n) is 11.5. The summed E-state index contributed by atoms with van der Waals surface area (Å²) in [5.41, 5.74) is 3.47. The number of amides is 1. The van der Waals surface area contributed by atoms with E-state index in [1.165, 1.54) is 18.4 Å². The van der Waals surface area contributed by atoms with Gasteiger partial charge in [-0.15, -0.1) is 11.3 Å². The van der Waals surface area contributed by atoms with Crippen molar-refractivity contribution in [1.29, 1.82) is 5.26 Å². The number of carbonyl (C=O) groups is 1. The molecule has 1 N–H and O–H groups in total. The number of carbonyl (C=O) groups excluding carboxylic acids is 1. The van der Waals surface area contributed by atoms with E-state index < -0.39 is 6.09 Å². The molecule has 0 atom stereocenters. The summed E-state index contributed by atoms with van der Waals surface area (Å²) < 4.78 is 4.57. The van der Waals surface area contributed by atoms with Gasteiger partial charge in [-0.3, -0.25) is 5.32 Å². The van der Waals surface area contributed by atoms with Crippen LogP contribution in [0.15, 0.2) is 24.3 Å². The van der Waals surface area contributed by atoms with E-state index in [1.807, 2.05) is 38.1 Å². The Balaban J connectivity index is 2.51. The SMILES string of the molecule is COC(=O)Nc1sc(C)c(-c2ccc(C)cc2)c1C#N. The Labute approximate surface area is 121 Å². The maximum Gasteiger partial charge on any atom is 0.411 e. The van der Waals surface area contributed by atoms with Gasteiger partial charge in [0.2, 0.25) is 0 Å². The maximum atomic E-state index is 11.3. The topological polar surface area (TPSA) is 62.1 Å². The molecule has 20 heavy (non-hydrogen) atoms. The Morgan fingerprint density at radius 1 is 1.30 bits per heavy atom. The number of hydrogen-bond acceptors (Lipinski definition) is 4. The molecule has 0 aliphatic carbocycles. The second-order valence-electron chi connectivity index (χ2n) is 4.33. The van der Waals surface area contributed by atoms with E-state index >= 15 is 0 Å². The molecule has 0 bridgehead atoms. The normalized spacial score (nSPS) is 9.90. The molecule has 2 aromatic rings. The third-order valence-electron chi connectivity index (χ3n) is 2.94. The Hall–Kier alpha value is -2.32. The van der Waals surface area contributed by atoms with Gasteiger partial charge in [0.05, 0.1) is 12.7 Å². The predicted molar refractivity (Wildman–Crippen MR) is 80.0 cm³/mol. The van der Waals surface area contributed by atoms with Gasteiger partial charge < -0.3 is 4.74 Å². The number of ether oxygens (including phenoxy) is 1. The Morgan fingerprint density at radius 2 is 1.95 bits per heavy atom. The molecule has 1 heterocycles. The molecule has 1 amide bonds. The fourth-order valence-corrected chi connectivity index (χ4v) is 2.96. The highest BCUT2D eigenvalue weighted by Crippen LogP contribution is 2.39. The molecule has 0 fully saturated rings. The van der Waals surface area contributed by atoms with Crippen molar-refractivity contribution in [2.75, 3.05) is 12.4 Å². The van der Waals surface area contributed by atoms with Crippen molar-refractivity contribution in [3.05, 3.63) is 40.3 Å². The number of aryl methyl sites for hydroxylation is 2. The lowest BCUT2D eigenvalue weighted by Crippen LogP contribution is -2.10. The highest BCUT2D eigenvalue weighted by Gasteiger charge is 2.18. The number of nitrogens with one attached hydrogen (secondary N) is 1. The first kappa shape index (κ1) is 14.1. The molecule has 5 heteroatoms. The second kappa shape index (κ2) is 5.76. The molecule has 0 saturated heterocycles. The third kappa shape index (κ3) is 2.65. The molecule has 1 aromatic heterocycles. The van der Waals surface area contributed by atoms with Crippen LogP contribution in [-0.4, -0.2) is 13.2 Å². The minimum Gasteiger partial charge on any atom is -0.453 e. The van der Waals surface area contributed by atoms with Gasteiger partial charge in [-0.25, -0.2) is 4.79 Å². The highest BCUT2D eigenvalue weighted by atomic mass is 32.1. The van der Waals surface area contributed by atoms with E-state index in [9.17, 15) is 10.1 Å². The molecule has 102 valence electrons. The summed E-state index contributed by atoms with van der Waals surface area (Å²) in [6, 6.07) is 10.1. The van der Waals surface area contributed by atoms with Crippen molar-refractivity contribution in [2.45, 2.75) is 13.8 Å². The van der Waals surface area contributed by atoms with E-state index in [2.05, 4.69) is 16.1 Å². The first-order valence-corrected chi connectivity index (χ1v) is 6.84. The average molecular weight is 286 g/mol. The standard InChI is InChI=1S/C15H14N2O2S/c1-9-4-6-11(7-5-9)13-10(2)20-14(12(13)8-16)17-15(18)19-3/h4-7H,1-3H3,(H,17,18). The quantitative estimate of drug-likeness (QED) is 0.904. The second-order valence-corrected chi connectivity index (χ2v) is 5.56. The van der Waals surface area contributed by atoms with Crippen molar-refractivity contribution in [2.24, 2.45) is 0 Å². The molecule has 4 nitrogen and oxygen atoms in total. The van der Waals surface area contributed by atoms with Gasteiger partial charge >= 0.3 is 6.09 Å². The molecule has 0 radical (unpaired) electrons. The van der Waals surface area contributed by atoms with Crippen LogP contribution < -0.4 is 5.32 Å². The summed E-state index contributed by atoms with van der Waals surface area (Å²) in [6.07, 6.45) is -0.571. The van der Waals surface area contributed by atoms with Crippen molar-refractivity contribution < 1.29 is 9.53 Å². The van der Waals surface area contributed by atoms with Crippen LogP contribution in [-0.2, 0) is 4.74 Å². The zero-order valence-corrected chi connectivity index (χ0v) is 12.3. The average Bonchev–Trinajstić information content (AvgIpc) is 2.75. The largest absolute Gasteiger partial charge is 0.453 e. The third-order valence-corrected chi connectivity index (χ3v) is 3.96. The summed E-state index contributed by atoms with van der Waals surface area (Å²) in [7, 11) is 1.29. The van der Waals surface area contributed by atoms with Crippen molar-refractivity contribution in [3.63, 3.8) is 0 Å². The number of methoxy groups -OCH3 is 1.